The Morgan fingerprint density at radius 3 is 2.00 bits per heavy atom. The fourth-order valence-corrected chi connectivity index (χ4v) is 4.69. The molecule has 1 N–H and O–H groups in total. The molecular formula is C10H17NO2S2. The van der Waals surface area contributed by atoms with E-state index in [2.05, 4.69) is 4.72 Å². The largest absolute Gasteiger partial charge is 0.242 e. The predicted octanol–water partition coefficient (Wildman–Crippen LogP) is 2.36. The van der Waals surface area contributed by atoms with Crippen molar-refractivity contribution in [1.29, 1.82) is 0 Å². The van der Waals surface area contributed by atoms with Gasteiger partial charge < -0.3 is 0 Å². The van der Waals surface area contributed by atoms with Gasteiger partial charge in [-0.2, -0.15) is 0 Å². The van der Waals surface area contributed by atoms with Gasteiger partial charge in [0.25, 0.3) is 0 Å². The second kappa shape index (κ2) is 4.23. The summed E-state index contributed by atoms with van der Waals surface area (Å²) in [5, 5.41) is 0. The van der Waals surface area contributed by atoms with Crippen LogP contribution in [0.25, 0.3) is 0 Å². The predicted molar refractivity (Wildman–Crippen MR) is 64.0 cm³/mol. The molecule has 0 saturated carbocycles. The van der Waals surface area contributed by atoms with Gasteiger partial charge in [-0.05, 0) is 40.2 Å². The Bertz CT molecular complexity index is 458. The lowest BCUT2D eigenvalue weighted by molar-refractivity contribution is 0.569. The molecule has 0 aliphatic rings. The molecule has 0 bridgehead atoms. The van der Waals surface area contributed by atoms with Crippen molar-refractivity contribution in [1.82, 2.24) is 4.72 Å². The minimum absolute atomic E-state index is 0.0750. The summed E-state index contributed by atoms with van der Waals surface area (Å²) in [4.78, 5) is 2.38. The Hall–Kier alpha value is -0.390. The van der Waals surface area contributed by atoms with Gasteiger partial charge in [0.15, 0.2) is 0 Å². The van der Waals surface area contributed by atoms with Crippen LogP contribution in [0.2, 0.25) is 0 Å². The molecule has 5 heteroatoms. The second-order valence-corrected chi connectivity index (χ2v) is 7.02. The van der Waals surface area contributed by atoms with E-state index in [9.17, 15) is 8.42 Å². The van der Waals surface area contributed by atoms with E-state index in [-0.39, 0.29) is 6.04 Å². The number of nitrogens with one attached hydrogen (secondary N) is 1. The normalized spacial score (nSPS) is 12.4. The van der Waals surface area contributed by atoms with E-state index in [0.717, 1.165) is 15.3 Å². The number of hydrogen-bond donors (Lipinski definition) is 1. The van der Waals surface area contributed by atoms with E-state index in [0.29, 0.717) is 4.90 Å². The zero-order valence-corrected chi connectivity index (χ0v) is 11.3. The molecule has 0 amide bonds. The van der Waals surface area contributed by atoms with Crippen molar-refractivity contribution in [3.63, 3.8) is 0 Å². The smallest absolute Gasteiger partial charge is 0.209 e. The summed E-state index contributed by atoms with van der Waals surface area (Å²) in [5.41, 5.74) is 0.866. The average molecular weight is 247 g/mol. The first kappa shape index (κ1) is 12.7. The lowest BCUT2D eigenvalue weighted by Crippen LogP contribution is -2.30. The van der Waals surface area contributed by atoms with Crippen LogP contribution in [0.1, 0.15) is 29.2 Å². The molecule has 0 atom stereocenters. The van der Waals surface area contributed by atoms with Crippen LogP contribution >= 0.6 is 11.3 Å². The van der Waals surface area contributed by atoms with Gasteiger partial charge in [-0.25, -0.2) is 13.1 Å². The second-order valence-electron chi connectivity index (χ2n) is 3.94. The molecule has 86 valence electrons. The van der Waals surface area contributed by atoms with Crippen LogP contribution in [0.4, 0.5) is 0 Å². The van der Waals surface area contributed by atoms with E-state index in [1.54, 1.807) is 0 Å². The minimum Gasteiger partial charge on any atom is -0.209 e. The van der Waals surface area contributed by atoms with Crippen molar-refractivity contribution >= 4 is 21.4 Å². The average Bonchev–Trinajstić information content (AvgIpc) is 2.23. The quantitative estimate of drug-likeness (QED) is 0.891. The van der Waals surface area contributed by atoms with Crippen LogP contribution in [0.5, 0.6) is 0 Å². The molecule has 0 aromatic carbocycles. The van der Waals surface area contributed by atoms with E-state index in [1.165, 1.54) is 11.3 Å². The third kappa shape index (κ3) is 2.59. The number of rotatable bonds is 3. The maximum absolute atomic E-state index is 12.0. The molecule has 1 aromatic rings. The minimum atomic E-state index is -3.34. The van der Waals surface area contributed by atoms with Gasteiger partial charge >= 0.3 is 0 Å². The van der Waals surface area contributed by atoms with Gasteiger partial charge in [-0.15, -0.1) is 11.3 Å². The van der Waals surface area contributed by atoms with E-state index >= 15 is 0 Å². The zero-order valence-electron chi connectivity index (χ0n) is 9.71. The molecule has 0 fully saturated rings. The fourth-order valence-electron chi connectivity index (χ4n) is 1.54. The zero-order chi connectivity index (χ0) is 11.8. The van der Waals surface area contributed by atoms with E-state index in [1.807, 2.05) is 34.6 Å². The lowest BCUT2D eigenvalue weighted by atomic mass is 10.3. The molecule has 0 unspecified atom stereocenters. The highest BCUT2D eigenvalue weighted by Crippen LogP contribution is 2.30. The third-order valence-electron chi connectivity index (χ3n) is 2.15. The molecule has 0 aliphatic heterocycles. The first-order chi connectivity index (χ1) is 6.75. The van der Waals surface area contributed by atoms with Crippen molar-refractivity contribution in [2.75, 3.05) is 0 Å². The van der Waals surface area contributed by atoms with Gasteiger partial charge in [0.1, 0.15) is 0 Å². The van der Waals surface area contributed by atoms with Crippen molar-refractivity contribution in [2.24, 2.45) is 0 Å². The highest BCUT2D eigenvalue weighted by molar-refractivity contribution is 7.89. The maximum atomic E-state index is 12.0. The summed E-state index contributed by atoms with van der Waals surface area (Å²) >= 11 is 1.53. The molecule has 0 aliphatic carbocycles. The Kier molecular flexibility index (Phi) is 3.58. The summed E-state index contributed by atoms with van der Waals surface area (Å²) in [5.74, 6) is 0. The topological polar surface area (TPSA) is 46.2 Å². The Morgan fingerprint density at radius 2 is 1.67 bits per heavy atom. The van der Waals surface area contributed by atoms with Crippen LogP contribution in [0, 0.1) is 20.8 Å². The summed E-state index contributed by atoms with van der Waals surface area (Å²) < 4.78 is 26.6. The number of thiophene rings is 1. The van der Waals surface area contributed by atoms with Gasteiger partial charge in [0, 0.05) is 15.8 Å². The SMILES string of the molecule is Cc1sc(C)c(S(=O)(=O)NC(C)C)c1C. The molecule has 15 heavy (non-hydrogen) atoms. The van der Waals surface area contributed by atoms with E-state index < -0.39 is 10.0 Å². The Labute approximate surface area is 95.6 Å². The molecule has 0 saturated heterocycles. The monoisotopic (exact) mass is 247 g/mol. The molecule has 1 rings (SSSR count). The van der Waals surface area contributed by atoms with Crippen LogP contribution in [0.15, 0.2) is 4.90 Å². The van der Waals surface area contributed by atoms with Crippen LogP contribution in [-0.2, 0) is 10.0 Å². The first-order valence-electron chi connectivity index (χ1n) is 4.84. The molecule has 3 nitrogen and oxygen atoms in total. The van der Waals surface area contributed by atoms with E-state index in [4.69, 9.17) is 0 Å². The van der Waals surface area contributed by atoms with Gasteiger partial charge in [-0.3, -0.25) is 0 Å². The highest BCUT2D eigenvalue weighted by Gasteiger charge is 2.23. The molecular weight excluding hydrogens is 230 g/mol. The van der Waals surface area contributed by atoms with Crippen LogP contribution in [-0.4, -0.2) is 14.5 Å². The Morgan fingerprint density at radius 1 is 1.13 bits per heavy atom. The standard InChI is InChI=1S/C10H17NO2S2/c1-6(2)11-15(12,13)10-7(3)8(4)14-9(10)5/h6,11H,1-5H3. The number of sulfonamides is 1. The van der Waals surface area contributed by atoms with Gasteiger partial charge in [-0.1, -0.05) is 0 Å². The summed E-state index contributed by atoms with van der Waals surface area (Å²) in [6.45, 7) is 9.29. The number of aryl methyl sites for hydroxylation is 2. The molecule has 1 aromatic heterocycles. The lowest BCUT2D eigenvalue weighted by Gasteiger charge is -2.10. The molecule has 0 spiro atoms. The van der Waals surface area contributed by atoms with Crippen molar-refractivity contribution in [3.8, 4) is 0 Å². The third-order valence-corrected chi connectivity index (χ3v) is 5.34. The maximum Gasteiger partial charge on any atom is 0.242 e. The molecule has 0 radical (unpaired) electrons. The van der Waals surface area contributed by atoms with Gasteiger partial charge in [0.2, 0.25) is 10.0 Å². The molecule has 1 heterocycles. The van der Waals surface area contributed by atoms with Crippen molar-refractivity contribution < 1.29 is 8.42 Å². The highest BCUT2D eigenvalue weighted by atomic mass is 32.2. The summed E-state index contributed by atoms with van der Waals surface area (Å²) in [7, 11) is -3.34. The van der Waals surface area contributed by atoms with Crippen LogP contribution < -0.4 is 4.72 Å². The Balaban J connectivity index is 3.27. The van der Waals surface area contributed by atoms with Crippen molar-refractivity contribution in [3.05, 3.63) is 15.3 Å². The first-order valence-corrected chi connectivity index (χ1v) is 7.14. The summed E-state index contributed by atoms with van der Waals surface area (Å²) in [6, 6.07) is -0.0750. The van der Waals surface area contributed by atoms with Crippen LogP contribution in [0.3, 0.4) is 0 Å². The summed E-state index contributed by atoms with van der Waals surface area (Å²) in [6.07, 6.45) is 0. The fraction of sp³-hybridized carbons (Fsp3) is 0.600. The number of hydrogen-bond acceptors (Lipinski definition) is 3. The van der Waals surface area contributed by atoms with Gasteiger partial charge in [0.05, 0.1) is 4.90 Å². The van der Waals surface area contributed by atoms with Crippen molar-refractivity contribution in [2.45, 2.75) is 45.6 Å².